The predicted octanol–water partition coefficient (Wildman–Crippen LogP) is 5.26. The molecule has 25 nitrogen and oxygen atoms in total. The normalized spacial score (nSPS) is 24.6. The van der Waals surface area contributed by atoms with Gasteiger partial charge in [0.2, 0.25) is 70.9 Å². The molecular formula is C74H107ClF3N13O12. The van der Waals surface area contributed by atoms with Crippen LogP contribution in [0.3, 0.4) is 0 Å². The molecule has 5 rings (SSSR count). The van der Waals surface area contributed by atoms with Crippen LogP contribution in [0.1, 0.15) is 129 Å². The molecule has 2 saturated heterocycles. The number of benzene rings is 2. The van der Waals surface area contributed by atoms with Gasteiger partial charge in [0.15, 0.2) is 0 Å². The summed E-state index contributed by atoms with van der Waals surface area (Å²) in [5, 5.41) is 7.83. The highest BCUT2D eigenvalue weighted by Crippen LogP contribution is 2.36. The molecule has 0 radical (unpaired) electrons. The molecule has 3 heterocycles. The molecule has 12 atom stereocenters. The predicted molar refractivity (Wildman–Crippen MR) is 383 cm³/mol. The molecular weight excluding hydrogens is 1360 g/mol. The number of carbonyl (C=O) groups is 12. The van der Waals surface area contributed by atoms with E-state index in [4.69, 9.17) is 11.6 Å². The first kappa shape index (κ1) is 85.0. The van der Waals surface area contributed by atoms with Gasteiger partial charge in [-0.1, -0.05) is 116 Å². The molecule has 568 valence electrons. The summed E-state index contributed by atoms with van der Waals surface area (Å²) in [7, 11) is 12.4. The number of hydrogen-bond donors (Lipinski definition) is 3. The number of halogens is 4. The van der Waals surface area contributed by atoms with Gasteiger partial charge in [-0.2, -0.15) is 13.2 Å². The number of nitrogens with one attached hydrogen (secondary N) is 3. The van der Waals surface area contributed by atoms with Crippen molar-refractivity contribution in [3.05, 3.63) is 99.8 Å². The summed E-state index contributed by atoms with van der Waals surface area (Å²) in [6, 6.07) is 0.0380. The molecule has 0 saturated carbocycles. The summed E-state index contributed by atoms with van der Waals surface area (Å²) in [6.45, 7) is 16.8. The molecule has 12 amide bonds. The van der Waals surface area contributed by atoms with Gasteiger partial charge in [0, 0.05) is 95.2 Å². The Balaban J connectivity index is 1.70. The SMILES string of the molecule is CC[C@H](C)[C@@H]1NC(=O)[C@H](CC(C)C)N(C)C(=O)C[C@@H](C(=O)N(C)C)N(C)C(=O)[C@H]([C@@H](C)CC)N(C)C(=O)[C@H](C(C)C)NC(=O)[C@H](Cc2ccncc2)N(C)C(=O)[C@H](CCc2ccc(C(F)(F)F)c(Cl)c2)NC(=O)CN(C)C(=O)[C@H](Cc2ccc(C)cc2)N(C)C(=O)[C@@H]2CCN2C(=O)[C@H](C)N(C)C1=O. The third-order valence-electron chi connectivity index (χ3n) is 20.2. The second-order valence-electron chi connectivity index (χ2n) is 28.7. The van der Waals surface area contributed by atoms with E-state index in [-0.39, 0.29) is 56.6 Å². The van der Waals surface area contributed by atoms with Crippen LogP contribution < -0.4 is 16.0 Å². The number of hydrogen-bond acceptors (Lipinski definition) is 13. The fourth-order valence-corrected chi connectivity index (χ4v) is 13.1. The van der Waals surface area contributed by atoms with Gasteiger partial charge in [0.1, 0.15) is 60.4 Å². The number of alkyl halides is 3. The van der Waals surface area contributed by atoms with Gasteiger partial charge in [-0.15, -0.1) is 0 Å². The largest absolute Gasteiger partial charge is 0.417 e. The zero-order chi connectivity index (χ0) is 77.6. The van der Waals surface area contributed by atoms with Gasteiger partial charge in [-0.3, -0.25) is 62.5 Å². The molecule has 2 aliphatic heterocycles. The number of rotatable bonds is 15. The number of amides is 12. The van der Waals surface area contributed by atoms with Crippen molar-refractivity contribution < 1.29 is 70.7 Å². The van der Waals surface area contributed by atoms with E-state index in [0.29, 0.717) is 24.0 Å². The van der Waals surface area contributed by atoms with Crippen molar-refractivity contribution >= 4 is 82.5 Å². The van der Waals surface area contributed by atoms with E-state index < -0.39 is 179 Å². The number of fused-ring (bicyclic) bond motifs is 1. The third-order valence-corrected chi connectivity index (χ3v) is 20.6. The highest BCUT2D eigenvalue weighted by atomic mass is 35.5. The highest BCUT2D eigenvalue weighted by Gasteiger charge is 2.47. The van der Waals surface area contributed by atoms with E-state index in [1.165, 1.54) is 118 Å². The van der Waals surface area contributed by atoms with Crippen LogP contribution in [0.25, 0.3) is 0 Å². The summed E-state index contributed by atoms with van der Waals surface area (Å²) >= 11 is 6.17. The Hall–Kier alpha value is -8.69. The second kappa shape index (κ2) is 37.1. The van der Waals surface area contributed by atoms with Crippen molar-refractivity contribution in [3.63, 3.8) is 0 Å². The molecule has 3 aromatic rings. The molecule has 103 heavy (non-hydrogen) atoms. The monoisotopic (exact) mass is 1460 g/mol. The minimum atomic E-state index is -4.80. The van der Waals surface area contributed by atoms with Crippen molar-refractivity contribution in [3.8, 4) is 0 Å². The quantitative estimate of drug-likeness (QED) is 0.175. The van der Waals surface area contributed by atoms with E-state index in [0.717, 1.165) is 32.4 Å². The fraction of sp³-hybridized carbons (Fsp3) is 0.608. The van der Waals surface area contributed by atoms with E-state index in [9.17, 15) is 46.7 Å². The highest BCUT2D eigenvalue weighted by molar-refractivity contribution is 6.31. The van der Waals surface area contributed by atoms with Crippen LogP contribution in [0, 0.1) is 30.6 Å². The molecule has 2 aromatic carbocycles. The smallest absolute Gasteiger partial charge is 0.347 e. The van der Waals surface area contributed by atoms with Crippen molar-refractivity contribution in [2.45, 2.75) is 194 Å². The van der Waals surface area contributed by atoms with Gasteiger partial charge in [-0.05, 0) is 104 Å². The average molecular weight is 1460 g/mol. The molecule has 3 N–H and O–H groups in total. The van der Waals surface area contributed by atoms with Gasteiger partial charge in [-0.25, -0.2) is 0 Å². The minimum absolute atomic E-state index is 0.0705. The Morgan fingerprint density at radius 1 is 0.621 bits per heavy atom. The van der Waals surface area contributed by atoms with Crippen LogP contribution in [0.4, 0.5) is 13.2 Å². The number of aryl methyl sites for hydroxylation is 2. The Labute approximate surface area is 609 Å². The van der Waals surface area contributed by atoms with E-state index in [1.54, 1.807) is 58.9 Å². The van der Waals surface area contributed by atoms with Crippen LogP contribution in [0.2, 0.25) is 5.02 Å². The first-order valence-electron chi connectivity index (χ1n) is 35.2. The number of likely N-dealkylation sites (N-methyl/N-ethyl adjacent to an activating group) is 8. The molecule has 0 bridgehead atoms. The van der Waals surface area contributed by atoms with Gasteiger partial charge >= 0.3 is 6.18 Å². The van der Waals surface area contributed by atoms with Crippen molar-refractivity contribution in [1.29, 1.82) is 0 Å². The maximum absolute atomic E-state index is 15.4. The van der Waals surface area contributed by atoms with E-state index >= 15 is 24.0 Å². The lowest BCUT2D eigenvalue weighted by Crippen LogP contribution is -2.65. The first-order valence-corrected chi connectivity index (χ1v) is 35.5. The molecule has 0 unspecified atom stereocenters. The summed E-state index contributed by atoms with van der Waals surface area (Å²) in [5.74, 6) is -10.9. The topological polar surface area (TPSA) is 283 Å². The fourth-order valence-electron chi connectivity index (χ4n) is 12.8. The number of nitrogens with zero attached hydrogens (tertiary/aromatic N) is 10. The minimum Gasteiger partial charge on any atom is -0.347 e. The van der Waals surface area contributed by atoms with E-state index in [1.807, 2.05) is 39.8 Å². The molecule has 2 aliphatic rings. The van der Waals surface area contributed by atoms with Crippen LogP contribution in [0.15, 0.2) is 67.0 Å². The lowest BCUT2D eigenvalue weighted by molar-refractivity contribution is -0.160. The van der Waals surface area contributed by atoms with E-state index in [2.05, 4.69) is 20.9 Å². The first-order chi connectivity index (χ1) is 48.1. The number of pyridine rings is 1. The number of carbonyl (C=O) groups excluding carboxylic acids is 12. The Bertz CT molecular complexity index is 3530. The molecule has 0 spiro atoms. The van der Waals surface area contributed by atoms with Crippen molar-refractivity contribution in [2.75, 3.05) is 76.5 Å². The zero-order valence-electron chi connectivity index (χ0n) is 63.1. The van der Waals surface area contributed by atoms with Crippen LogP contribution in [-0.4, -0.2) is 257 Å². The van der Waals surface area contributed by atoms with Crippen molar-refractivity contribution in [1.82, 2.24) is 65.0 Å². The van der Waals surface area contributed by atoms with Crippen LogP contribution >= 0.6 is 11.6 Å². The summed E-state index contributed by atoms with van der Waals surface area (Å²) in [5.41, 5.74) is 1.16. The zero-order valence-corrected chi connectivity index (χ0v) is 63.9. The third kappa shape index (κ3) is 21.5. The summed E-state index contributed by atoms with van der Waals surface area (Å²) in [6.07, 6.45) is -2.30. The lowest BCUT2D eigenvalue weighted by atomic mass is 9.93. The Morgan fingerprint density at radius 2 is 1.17 bits per heavy atom. The second-order valence-corrected chi connectivity index (χ2v) is 29.1. The van der Waals surface area contributed by atoms with Crippen molar-refractivity contribution in [2.24, 2.45) is 23.7 Å². The summed E-state index contributed by atoms with van der Waals surface area (Å²) < 4.78 is 41.8. The van der Waals surface area contributed by atoms with Gasteiger partial charge in [0.05, 0.1) is 23.6 Å². The van der Waals surface area contributed by atoms with Crippen LogP contribution in [-0.2, 0) is 83.0 Å². The molecule has 1 aromatic heterocycles. The maximum atomic E-state index is 15.4. The summed E-state index contributed by atoms with van der Waals surface area (Å²) in [4.78, 5) is 194. The van der Waals surface area contributed by atoms with Crippen LogP contribution in [0.5, 0.6) is 0 Å². The lowest BCUT2D eigenvalue weighted by Gasteiger charge is -2.45. The van der Waals surface area contributed by atoms with Gasteiger partial charge < -0.3 is 60.0 Å². The standard InChI is InChI=1S/C74H107ClF3N13O12/c1-20-45(8)62-72(102)85(14)47(10)66(96)91-35-32-54(91)70(100)88(17)57(39-49-24-22-44(7)23-25-49)69(99)84(13)41-59(92)80-53(29-27-48-26-28-51(52(75)37-48)74(76,77)78)67(97)87(16)56(38-50-30-33-79-34-31-50)65(95)81-61(43(5)6)71(101)90(19)63(46(9)21-2)73(103)89(18)58(68(98)83(11)12)40-60(93)86(15)55(36-42(3)4)64(94)82-62/h22-26,28,30-31,33-34,37,42-43,45-47,53-58,61-63H,20-21,27,29,32,35-36,38-41H2,1-19H3,(H,80,92)(H,81,95)(H,82,94)/t45-,46-,47-,53-,54-,55-,56-,57-,58-,61-,62-,63-/m0/s1. The average Bonchev–Trinajstić information content (AvgIpc) is 0.788. The Morgan fingerprint density at radius 3 is 1.70 bits per heavy atom. The van der Waals surface area contributed by atoms with Gasteiger partial charge in [0.25, 0.3) is 0 Å². The molecule has 2 fully saturated rings. The molecule has 29 heteroatoms. The molecule has 0 aliphatic carbocycles. The number of aromatic nitrogens is 1. The maximum Gasteiger partial charge on any atom is 0.417 e. The Kier molecular flexibility index (Phi) is 30.6.